The highest BCUT2D eigenvalue weighted by Gasteiger charge is 2.24. The molecule has 9 aromatic carbocycles. The molecule has 0 unspecified atom stereocenters. The smallest absolute Gasteiger partial charge is 0.162 e. The first-order chi connectivity index (χ1) is 31.3. The third-order valence-electron chi connectivity index (χ3n) is 12.6. The van der Waals surface area contributed by atoms with Crippen LogP contribution < -0.4 is 0 Å². The number of fused-ring (bicyclic) bond motifs is 9. The van der Waals surface area contributed by atoms with E-state index in [1.165, 1.54) is 10.8 Å². The van der Waals surface area contributed by atoms with Crippen LogP contribution in [-0.4, -0.2) is 19.1 Å². The molecule has 0 aliphatic heterocycles. The molecule has 0 amide bonds. The zero-order valence-corrected chi connectivity index (χ0v) is 34.0. The maximum atomic E-state index is 6.77. The summed E-state index contributed by atoms with van der Waals surface area (Å²) >= 11 is 0. The van der Waals surface area contributed by atoms with Crippen molar-refractivity contribution in [3.05, 3.63) is 218 Å². The Balaban J connectivity index is 1.15. The third kappa shape index (κ3) is 5.50. The van der Waals surface area contributed by atoms with Gasteiger partial charge in [0.1, 0.15) is 11.4 Å². The minimum Gasteiger partial charge on any atom is -0.454 e. The van der Waals surface area contributed by atoms with Crippen molar-refractivity contribution < 1.29 is 4.42 Å². The van der Waals surface area contributed by atoms with Gasteiger partial charge in [-0.1, -0.05) is 182 Å². The maximum absolute atomic E-state index is 6.77. The second-order valence-electron chi connectivity index (χ2n) is 16.1. The lowest BCUT2D eigenvalue weighted by atomic mass is 9.91. The SMILES string of the molecule is c1ccc(-c2cc(-n3c4ccccc4c4ccc(-c5c(-c6ccccc6)ccc6c7ccccc7n(-c7cccc8c7oc7ccccc78)c56)cc43)nc(-c3ccccc3)n2)cc1. The van der Waals surface area contributed by atoms with Gasteiger partial charge in [-0.3, -0.25) is 4.57 Å². The number of furan rings is 1. The minimum atomic E-state index is 0.675. The summed E-state index contributed by atoms with van der Waals surface area (Å²) in [4.78, 5) is 10.5. The monoisotopic (exact) mass is 804 g/mol. The van der Waals surface area contributed by atoms with Crippen LogP contribution in [0.15, 0.2) is 223 Å². The molecule has 5 heteroatoms. The molecule has 0 radical (unpaired) electrons. The van der Waals surface area contributed by atoms with Crippen LogP contribution in [0.3, 0.4) is 0 Å². The first-order valence-corrected chi connectivity index (χ1v) is 21.3. The second kappa shape index (κ2) is 14.0. The van der Waals surface area contributed by atoms with E-state index in [1.807, 2.05) is 30.3 Å². The number of para-hydroxylation sites is 4. The van der Waals surface area contributed by atoms with E-state index in [4.69, 9.17) is 14.4 Å². The number of nitrogens with zero attached hydrogens (tertiary/aromatic N) is 4. The van der Waals surface area contributed by atoms with Crippen LogP contribution in [0.1, 0.15) is 0 Å². The fourth-order valence-corrected chi connectivity index (χ4v) is 9.76. The van der Waals surface area contributed by atoms with Crippen LogP contribution in [0.4, 0.5) is 0 Å². The highest BCUT2D eigenvalue weighted by Crippen LogP contribution is 2.46. The van der Waals surface area contributed by atoms with Gasteiger partial charge in [-0.2, -0.15) is 0 Å². The molecule has 0 fully saturated rings. The Labute approximate surface area is 362 Å². The quantitative estimate of drug-likeness (QED) is 0.168. The second-order valence-corrected chi connectivity index (χ2v) is 16.1. The van der Waals surface area contributed by atoms with Crippen LogP contribution in [0, 0.1) is 0 Å². The molecular formula is C58H36N4O. The van der Waals surface area contributed by atoms with Gasteiger partial charge < -0.3 is 8.98 Å². The normalized spacial score (nSPS) is 11.8. The first kappa shape index (κ1) is 35.2. The molecule has 294 valence electrons. The van der Waals surface area contributed by atoms with Crippen molar-refractivity contribution in [2.24, 2.45) is 0 Å². The molecule has 13 rings (SSSR count). The molecule has 4 heterocycles. The zero-order chi connectivity index (χ0) is 41.4. The topological polar surface area (TPSA) is 48.8 Å². The van der Waals surface area contributed by atoms with Crippen molar-refractivity contribution in [3.8, 4) is 56.4 Å². The lowest BCUT2D eigenvalue weighted by Gasteiger charge is -2.17. The molecule has 0 saturated carbocycles. The molecule has 0 atom stereocenters. The summed E-state index contributed by atoms with van der Waals surface area (Å²) in [5.74, 6) is 1.48. The van der Waals surface area contributed by atoms with E-state index in [2.05, 4.69) is 197 Å². The molecule has 4 aromatic heterocycles. The van der Waals surface area contributed by atoms with Crippen LogP contribution in [-0.2, 0) is 0 Å². The van der Waals surface area contributed by atoms with Crippen molar-refractivity contribution in [3.63, 3.8) is 0 Å². The Hall–Kier alpha value is -8.54. The van der Waals surface area contributed by atoms with Crippen molar-refractivity contribution in [2.45, 2.75) is 0 Å². The molecule has 0 spiro atoms. The molecule has 5 nitrogen and oxygen atoms in total. The van der Waals surface area contributed by atoms with Crippen molar-refractivity contribution in [1.82, 2.24) is 19.1 Å². The van der Waals surface area contributed by atoms with E-state index in [1.54, 1.807) is 0 Å². The van der Waals surface area contributed by atoms with Gasteiger partial charge in [0, 0.05) is 55.1 Å². The molecule has 0 N–H and O–H groups in total. The Morgan fingerprint density at radius 3 is 1.71 bits per heavy atom. The van der Waals surface area contributed by atoms with Gasteiger partial charge in [-0.15, -0.1) is 0 Å². The zero-order valence-electron chi connectivity index (χ0n) is 34.0. The number of hydrogen-bond acceptors (Lipinski definition) is 3. The number of aromatic nitrogens is 4. The molecule has 63 heavy (non-hydrogen) atoms. The predicted molar refractivity (Wildman–Crippen MR) is 260 cm³/mol. The third-order valence-corrected chi connectivity index (χ3v) is 12.6. The minimum absolute atomic E-state index is 0.675. The average molecular weight is 805 g/mol. The average Bonchev–Trinajstić information content (AvgIpc) is 4.02. The summed E-state index contributed by atoms with van der Waals surface area (Å²) in [5, 5.41) is 6.86. The van der Waals surface area contributed by atoms with Gasteiger partial charge in [0.2, 0.25) is 0 Å². The van der Waals surface area contributed by atoms with Crippen LogP contribution in [0.2, 0.25) is 0 Å². The Bertz CT molecular complexity index is 3840. The van der Waals surface area contributed by atoms with Crippen LogP contribution in [0.25, 0.3) is 122 Å². The van der Waals surface area contributed by atoms with Gasteiger partial charge >= 0.3 is 0 Å². The molecule has 0 aliphatic rings. The van der Waals surface area contributed by atoms with Gasteiger partial charge in [0.05, 0.1) is 33.4 Å². The van der Waals surface area contributed by atoms with E-state index in [0.29, 0.717) is 5.82 Å². The highest BCUT2D eigenvalue weighted by molar-refractivity contribution is 6.19. The summed E-state index contributed by atoms with van der Waals surface area (Å²) in [6, 6.07) is 77.3. The van der Waals surface area contributed by atoms with E-state index in [-0.39, 0.29) is 0 Å². The lowest BCUT2D eigenvalue weighted by molar-refractivity contribution is 0.666. The summed E-state index contributed by atoms with van der Waals surface area (Å²) in [7, 11) is 0. The van der Waals surface area contributed by atoms with E-state index < -0.39 is 0 Å². The fourth-order valence-electron chi connectivity index (χ4n) is 9.76. The van der Waals surface area contributed by atoms with E-state index in [0.717, 1.165) is 105 Å². The van der Waals surface area contributed by atoms with Crippen molar-refractivity contribution in [1.29, 1.82) is 0 Å². The van der Waals surface area contributed by atoms with Gasteiger partial charge in [0.25, 0.3) is 0 Å². The largest absolute Gasteiger partial charge is 0.454 e. The van der Waals surface area contributed by atoms with Crippen molar-refractivity contribution in [2.75, 3.05) is 0 Å². The maximum Gasteiger partial charge on any atom is 0.162 e. The van der Waals surface area contributed by atoms with Gasteiger partial charge in [0.15, 0.2) is 11.4 Å². The Kier molecular flexibility index (Phi) is 7.84. The summed E-state index contributed by atoms with van der Waals surface area (Å²) < 4.78 is 11.5. The van der Waals surface area contributed by atoms with Gasteiger partial charge in [-0.05, 0) is 47.0 Å². The number of hydrogen-bond donors (Lipinski definition) is 0. The Morgan fingerprint density at radius 1 is 0.365 bits per heavy atom. The molecule has 13 aromatic rings. The molecule has 0 bridgehead atoms. The first-order valence-electron chi connectivity index (χ1n) is 21.3. The summed E-state index contributed by atoms with van der Waals surface area (Å²) in [6.45, 7) is 0. The summed E-state index contributed by atoms with van der Waals surface area (Å²) in [5.41, 5.74) is 14.5. The van der Waals surface area contributed by atoms with Gasteiger partial charge in [-0.25, -0.2) is 9.97 Å². The highest BCUT2D eigenvalue weighted by atomic mass is 16.3. The van der Waals surface area contributed by atoms with Crippen molar-refractivity contribution >= 4 is 65.6 Å². The Morgan fingerprint density at radius 2 is 0.952 bits per heavy atom. The molecule has 0 saturated heterocycles. The lowest BCUT2D eigenvalue weighted by Crippen LogP contribution is -2.02. The van der Waals surface area contributed by atoms with Crippen LogP contribution >= 0.6 is 0 Å². The summed E-state index contributed by atoms with van der Waals surface area (Å²) in [6.07, 6.45) is 0. The van der Waals surface area contributed by atoms with Crippen LogP contribution in [0.5, 0.6) is 0 Å². The molecular weight excluding hydrogens is 769 g/mol. The fraction of sp³-hybridized carbons (Fsp3) is 0. The number of benzene rings is 9. The van der Waals surface area contributed by atoms with E-state index >= 15 is 0 Å². The number of rotatable bonds is 6. The molecule has 0 aliphatic carbocycles. The van der Waals surface area contributed by atoms with E-state index in [9.17, 15) is 0 Å². The standard InChI is InChI=1S/C58H36N4O/c1-4-17-37(18-5-1)41-33-34-46-43-24-11-14-28-50(43)62(51-29-16-26-47-45-25-12-15-30-53(45)63-57(47)51)56(46)55(41)40-31-32-44-42-23-10-13-27-49(42)61(52(44)35-40)54-36-48(38-19-6-2-7-20-38)59-58(60-54)39-21-8-3-9-22-39/h1-36H. The predicted octanol–water partition coefficient (Wildman–Crippen LogP) is 15.2.